The minimum atomic E-state index is -0.0338. The number of benzene rings is 1. The number of amides is 1. The first kappa shape index (κ1) is 18.7. The SMILES string of the molecule is Cc1cccc(N2CCN(c3nc(C)cc(C(=O)N4CCOCC4)n3)CC2)c1. The Morgan fingerprint density at radius 2 is 1.64 bits per heavy atom. The number of morpholine rings is 1. The molecule has 1 aromatic heterocycles. The van der Waals surface area contributed by atoms with E-state index in [-0.39, 0.29) is 5.91 Å². The third kappa shape index (κ3) is 4.09. The Morgan fingerprint density at radius 3 is 2.36 bits per heavy atom. The molecule has 2 aliphatic rings. The summed E-state index contributed by atoms with van der Waals surface area (Å²) in [7, 11) is 0. The highest BCUT2D eigenvalue weighted by atomic mass is 16.5. The molecule has 0 spiro atoms. The highest BCUT2D eigenvalue weighted by Gasteiger charge is 2.24. The van der Waals surface area contributed by atoms with Crippen LogP contribution in [0.2, 0.25) is 0 Å². The smallest absolute Gasteiger partial charge is 0.272 e. The molecule has 1 aromatic carbocycles. The number of rotatable bonds is 3. The van der Waals surface area contributed by atoms with Gasteiger partial charge in [0.2, 0.25) is 5.95 Å². The molecule has 2 aromatic rings. The normalized spacial score (nSPS) is 17.7. The number of anilines is 2. The predicted octanol–water partition coefficient (Wildman–Crippen LogP) is 1.89. The van der Waals surface area contributed by atoms with Gasteiger partial charge in [0.15, 0.2) is 0 Å². The molecule has 28 heavy (non-hydrogen) atoms. The molecule has 0 unspecified atom stereocenters. The summed E-state index contributed by atoms with van der Waals surface area (Å²) < 4.78 is 5.34. The summed E-state index contributed by atoms with van der Waals surface area (Å²) in [6.07, 6.45) is 0. The predicted molar refractivity (Wildman–Crippen MR) is 109 cm³/mol. The van der Waals surface area contributed by atoms with Crippen LogP contribution in [-0.2, 0) is 4.74 Å². The van der Waals surface area contributed by atoms with Crippen LogP contribution in [0.4, 0.5) is 11.6 Å². The Bertz CT molecular complexity index is 842. The summed E-state index contributed by atoms with van der Waals surface area (Å²) in [6.45, 7) is 9.94. The van der Waals surface area contributed by atoms with Crippen molar-refractivity contribution in [1.82, 2.24) is 14.9 Å². The lowest BCUT2D eigenvalue weighted by Gasteiger charge is -2.36. The molecule has 2 aliphatic heterocycles. The lowest BCUT2D eigenvalue weighted by atomic mass is 10.2. The van der Waals surface area contributed by atoms with Crippen molar-refractivity contribution >= 4 is 17.5 Å². The van der Waals surface area contributed by atoms with Crippen LogP contribution < -0.4 is 9.80 Å². The maximum absolute atomic E-state index is 12.8. The zero-order chi connectivity index (χ0) is 19.5. The van der Waals surface area contributed by atoms with Crippen LogP contribution in [0.25, 0.3) is 0 Å². The van der Waals surface area contributed by atoms with Gasteiger partial charge in [-0.15, -0.1) is 0 Å². The average molecular weight is 381 g/mol. The van der Waals surface area contributed by atoms with Gasteiger partial charge in [-0.2, -0.15) is 0 Å². The van der Waals surface area contributed by atoms with E-state index in [1.54, 1.807) is 6.07 Å². The molecule has 0 N–H and O–H groups in total. The molecule has 0 saturated carbocycles. The number of carbonyl (C=O) groups is 1. The molecule has 0 radical (unpaired) electrons. The number of nitrogens with zero attached hydrogens (tertiary/aromatic N) is 5. The van der Waals surface area contributed by atoms with E-state index >= 15 is 0 Å². The summed E-state index contributed by atoms with van der Waals surface area (Å²) in [4.78, 5) is 28.4. The van der Waals surface area contributed by atoms with Gasteiger partial charge >= 0.3 is 0 Å². The van der Waals surface area contributed by atoms with Crippen LogP contribution in [0.3, 0.4) is 0 Å². The number of aryl methyl sites for hydroxylation is 2. The number of piperazine rings is 1. The van der Waals surface area contributed by atoms with E-state index in [0.29, 0.717) is 37.9 Å². The monoisotopic (exact) mass is 381 g/mol. The average Bonchev–Trinajstić information content (AvgIpc) is 2.73. The third-order valence-corrected chi connectivity index (χ3v) is 5.29. The van der Waals surface area contributed by atoms with E-state index in [1.165, 1.54) is 11.3 Å². The van der Waals surface area contributed by atoms with E-state index in [1.807, 2.05) is 11.8 Å². The van der Waals surface area contributed by atoms with Gasteiger partial charge in [0.05, 0.1) is 13.2 Å². The van der Waals surface area contributed by atoms with Gasteiger partial charge in [0, 0.05) is 50.6 Å². The minimum absolute atomic E-state index is 0.0338. The molecule has 0 bridgehead atoms. The van der Waals surface area contributed by atoms with Gasteiger partial charge in [0.1, 0.15) is 5.69 Å². The molecule has 0 aliphatic carbocycles. The molecule has 7 nitrogen and oxygen atoms in total. The Labute approximate surface area is 165 Å². The summed E-state index contributed by atoms with van der Waals surface area (Å²) in [5.41, 5.74) is 3.83. The molecule has 2 saturated heterocycles. The molecule has 7 heteroatoms. The number of carbonyl (C=O) groups excluding carboxylic acids is 1. The first-order valence-corrected chi connectivity index (χ1v) is 9.89. The third-order valence-electron chi connectivity index (χ3n) is 5.29. The molecule has 0 atom stereocenters. The topological polar surface area (TPSA) is 61.8 Å². The summed E-state index contributed by atoms with van der Waals surface area (Å²) in [5, 5.41) is 0. The van der Waals surface area contributed by atoms with Crippen molar-refractivity contribution in [2.45, 2.75) is 13.8 Å². The number of hydrogen-bond acceptors (Lipinski definition) is 6. The van der Waals surface area contributed by atoms with Gasteiger partial charge in [0.25, 0.3) is 5.91 Å². The maximum Gasteiger partial charge on any atom is 0.272 e. The molecular formula is C21H27N5O2. The lowest BCUT2D eigenvalue weighted by Crippen LogP contribution is -2.47. The number of ether oxygens (including phenoxy) is 1. The Balaban J connectivity index is 1.46. The van der Waals surface area contributed by atoms with Crippen molar-refractivity contribution < 1.29 is 9.53 Å². The second-order valence-electron chi connectivity index (χ2n) is 7.41. The minimum Gasteiger partial charge on any atom is -0.378 e. The fourth-order valence-corrected chi connectivity index (χ4v) is 3.72. The highest BCUT2D eigenvalue weighted by molar-refractivity contribution is 5.92. The van der Waals surface area contributed by atoms with Crippen molar-refractivity contribution in [3.05, 3.63) is 47.3 Å². The van der Waals surface area contributed by atoms with Crippen molar-refractivity contribution in [2.24, 2.45) is 0 Å². The quantitative estimate of drug-likeness (QED) is 0.809. The van der Waals surface area contributed by atoms with Gasteiger partial charge in [-0.3, -0.25) is 4.79 Å². The maximum atomic E-state index is 12.8. The van der Waals surface area contributed by atoms with E-state index in [0.717, 1.165) is 31.9 Å². The van der Waals surface area contributed by atoms with Crippen LogP contribution in [0.1, 0.15) is 21.7 Å². The molecule has 4 rings (SSSR count). The molecule has 148 valence electrons. The summed E-state index contributed by atoms with van der Waals surface area (Å²) >= 11 is 0. The molecule has 2 fully saturated rings. The van der Waals surface area contributed by atoms with Crippen LogP contribution in [-0.4, -0.2) is 73.3 Å². The fourth-order valence-electron chi connectivity index (χ4n) is 3.72. The first-order chi connectivity index (χ1) is 13.6. The fraction of sp³-hybridized carbons (Fsp3) is 0.476. The van der Waals surface area contributed by atoms with Crippen LogP contribution in [0.5, 0.6) is 0 Å². The van der Waals surface area contributed by atoms with Crippen molar-refractivity contribution in [2.75, 3.05) is 62.3 Å². The van der Waals surface area contributed by atoms with Crippen molar-refractivity contribution in [3.63, 3.8) is 0 Å². The molecule has 1 amide bonds. The van der Waals surface area contributed by atoms with E-state index in [9.17, 15) is 4.79 Å². The van der Waals surface area contributed by atoms with Crippen molar-refractivity contribution in [3.8, 4) is 0 Å². The second-order valence-corrected chi connectivity index (χ2v) is 7.41. The van der Waals surface area contributed by atoms with Gasteiger partial charge in [-0.1, -0.05) is 12.1 Å². The lowest BCUT2D eigenvalue weighted by molar-refractivity contribution is 0.0299. The standard InChI is InChI=1S/C21H27N5O2/c1-16-4-3-5-18(14-16)24-6-8-26(9-7-24)21-22-17(2)15-19(23-21)20(27)25-10-12-28-13-11-25/h3-5,14-15H,6-13H2,1-2H3. The zero-order valence-electron chi connectivity index (χ0n) is 16.6. The largest absolute Gasteiger partial charge is 0.378 e. The van der Waals surface area contributed by atoms with E-state index in [2.05, 4.69) is 51.0 Å². The Hall–Kier alpha value is -2.67. The summed E-state index contributed by atoms with van der Waals surface area (Å²) in [5.74, 6) is 0.619. The van der Waals surface area contributed by atoms with Crippen LogP contribution >= 0.6 is 0 Å². The number of hydrogen-bond donors (Lipinski definition) is 0. The zero-order valence-corrected chi connectivity index (χ0v) is 16.6. The highest BCUT2D eigenvalue weighted by Crippen LogP contribution is 2.20. The van der Waals surface area contributed by atoms with E-state index in [4.69, 9.17) is 4.74 Å². The Morgan fingerprint density at radius 1 is 0.929 bits per heavy atom. The Kier molecular flexibility index (Phi) is 5.43. The van der Waals surface area contributed by atoms with Gasteiger partial charge in [-0.05, 0) is 37.6 Å². The van der Waals surface area contributed by atoms with Gasteiger partial charge < -0.3 is 19.4 Å². The molecule has 3 heterocycles. The van der Waals surface area contributed by atoms with Gasteiger partial charge in [-0.25, -0.2) is 9.97 Å². The second kappa shape index (κ2) is 8.14. The molecular weight excluding hydrogens is 354 g/mol. The van der Waals surface area contributed by atoms with Crippen LogP contribution in [0.15, 0.2) is 30.3 Å². The van der Waals surface area contributed by atoms with E-state index < -0.39 is 0 Å². The van der Waals surface area contributed by atoms with Crippen molar-refractivity contribution in [1.29, 1.82) is 0 Å². The first-order valence-electron chi connectivity index (χ1n) is 9.89. The van der Waals surface area contributed by atoms with Crippen LogP contribution in [0, 0.1) is 13.8 Å². The number of aromatic nitrogens is 2. The summed E-state index contributed by atoms with van der Waals surface area (Å²) in [6, 6.07) is 10.4.